The van der Waals surface area contributed by atoms with Crippen LogP contribution in [-0.4, -0.2) is 19.9 Å². The number of nitrogens with two attached hydrogens (primary N) is 1. The summed E-state index contributed by atoms with van der Waals surface area (Å²) in [5.74, 6) is 0.737. The van der Waals surface area contributed by atoms with E-state index in [2.05, 4.69) is 9.71 Å². The van der Waals surface area contributed by atoms with E-state index in [1.165, 1.54) is 5.56 Å². The molecule has 4 rings (SSSR count). The molecule has 1 unspecified atom stereocenters. The van der Waals surface area contributed by atoms with Crippen molar-refractivity contribution in [2.75, 3.05) is 6.54 Å². The molecule has 0 aliphatic heterocycles. The Morgan fingerprint density at radius 1 is 1.24 bits per heavy atom. The molecular formula is C19H25N3O2S. The number of benzene rings is 1. The zero-order valence-corrected chi connectivity index (χ0v) is 15.6. The Morgan fingerprint density at radius 2 is 2.00 bits per heavy atom. The molecule has 0 spiro atoms. The van der Waals surface area contributed by atoms with E-state index >= 15 is 0 Å². The molecule has 0 radical (unpaired) electrons. The van der Waals surface area contributed by atoms with E-state index in [-0.39, 0.29) is 12.0 Å². The monoisotopic (exact) mass is 359 g/mol. The number of pyridine rings is 1. The molecule has 1 atom stereocenters. The van der Waals surface area contributed by atoms with Crippen LogP contribution in [0.2, 0.25) is 0 Å². The molecule has 134 valence electrons. The maximum absolute atomic E-state index is 13.0. The van der Waals surface area contributed by atoms with E-state index in [0.29, 0.717) is 17.4 Å². The lowest BCUT2D eigenvalue weighted by Gasteiger charge is -2.16. The van der Waals surface area contributed by atoms with Gasteiger partial charge >= 0.3 is 0 Å². The third-order valence-electron chi connectivity index (χ3n) is 5.22. The lowest BCUT2D eigenvalue weighted by Crippen LogP contribution is -2.28. The summed E-state index contributed by atoms with van der Waals surface area (Å²) in [5.41, 5.74) is 9.36. The minimum atomic E-state index is -3.58. The van der Waals surface area contributed by atoms with Gasteiger partial charge in [0.25, 0.3) is 0 Å². The Labute approximate surface area is 149 Å². The first-order valence-corrected chi connectivity index (χ1v) is 10.6. The van der Waals surface area contributed by atoms with Gasteiger partial charge in [-0.3, -0.25) is 4.98 Å². The summed E-state index contributed by atoms with van der Waals surface area (Å²) in [6.07, 6.45) is 5.89. The molecule has 1 saturated carbocycles. The van der Waals surface area contributed by atoms with E-state index < -0.39 is 10.0 Å². The average Bonchev–Trinajstić information content (AvgIpc) is 3.36. The van der Waals surface area contributed by atoms with E-state index in [1.807, 2.05) is 26.1 Å². The second kappa shape index (κ2) is 6.04. The van der Waals surface area contributed by atoms with E-state index in [0.717, 1.165) is 47.7 Å². The third kappa shape index (κ3) is 3.07. The van der Waals surface area contributed by atoms with Crippen molar-refractivity contribution in [2.45, 2.75) is 56.4 Å². The van der Waals surface area contributed by atoms with Gasteiger partial charge in [0, 0.05) is 41.2 Å². The van der Waals surface area contributed by atoms with E-state index in [4.69, 9.17) is 5.73 Å². The van der Waals surface area contributed by atoms with Crippen molar-refractivity contribution in [2.24, 2.45) is 11.7 Å². The lowest BCUT2D eigenvalue weighted by atomic mass is 10.0. The molecule has 1 fully saturated rings. The summed E-state index contributed by atoms with van der Waals surface area (Å²) in [6, 6.07) is 3.69. The first kappa shape index (κ1) is 16.9. The Bertz CT molecular complexity index is 933. The number of sulfonamides is 1. The molecule has 2 aliphatic carbocycles. The summed E-state index contributed by atoms with van der Waals surface area (Å²) < 4.78 is 28.7. The minimum Gasteiger partial charge on any atom is -0.324 e. The minimum absolute atomic E-state index is 0.0958. The first-order valence-electron chi connectivity index (χ1n) is 9.07. The second-order valence-corrected chi connectivity index (χ2v) is 9.50. The number of rotatable bonds is 5. The fourth-order valence-corrected chi connectivity index (χ4v) is 5.07. The number of nitrogens with zero attached hydrogens (tertiary/aromatic N) is 1. The molecule has 3 N–H and O–H groups in total. The Hall–Kier alpha value is -1.50. The zero-order chi connectivity index (χ0) is 17.8. The highest BCUT2D eigenvalue weighted by atomic mass is 32.2. The summed E-state index contributed by atoms with van der Waals surface area (Å²) >= 11 is 0. The van der Waals surface area contributed by atoms with Crippen molar-refractivity contribution in [3.05, 3.63) is 35.2 Å². The maximum Gasteiger partial charge on any atom is 0.241 e. The van der Waals surface area contributed by atoms with Crippen LogP contribution in [0.25, 0.3) is 10.8 Å². The highest BCUT2D eigenvalue weighted by molar-refractivity contribution is 7.89. The van der Waals surface area contributed by atoms with E-state index in [1.54, 1.807) is 6.07 Å². The molecule has 1 heterocycles. The molecule has 2 aliphatic rings. The predicted octanol–water partition coefficient (Wildman–Crippen LogP) is 2.99. The number of hydrogen-bond donors (Lipinski definition) is 2. The molecular weight excluding hydrogens is 334 g/mol. The van der Waals surface area contributed by atoms with Gasteiger partial charge in [-0.2, -0.15) is 0 Å². The van der Waals surface area contributed by atoms with Crippen molar-refractivity contribution in [1.82, 2.24) is 9.71 Å². The molecule has 5 nitrogen and oxygen atoms in total. The van der Waals surface area contributed by atoms with Crippen LogP contribution < -0.4 is 10.5 Å². The number of aromatic nitrogens is 1. The fourth-order valence-electron chi connectivity index (χ4n) is 3.62. The van der Waals surface area contributed by atoms with Gasteiger partial charge in [-0.05, 0) is 54.9 Å². The van der Waals surface area contributed by atoms with Gasteiger partial charge in [0.2, 0.25) is 10.0 Å². The highest BCUT2D eigenvalue weighted by Crippen LogP contribution is 2.42. The number of hydrogen-bond acceptors (Lipinski definition) is 4. The van der Waals surface area contributed by atoms with Gasteiger partial charge in [0.15, 0.2) is 0 Å². The second-order valence-electron chi connectivity index (χ2n) is 7.76. The topological polar surface area (TPSA) is 85.1 Å². The van der Waals surface area contributed by atoms with Crippen molar-refractivity contribution in [3.63, 3.8) is 0 Å². The van der Waals surface area contributed by atoms with Crippen LogP contribution in [0.4, 0.5) is 0 Å². The first-order chi connectivity index (χ1) is 11.9. The van der Waals surface area contributed by atoms with Gasteiger partial charge < -0.3 is 5.73 Å². The molecule has 25 heavy (non-hydrogen) atoms. The molecule has 1 aromatic carbocycles. The van der Waals surface area contributed by atoms with Gasteiger partial charge in [-0.1, -0.05) is 13.8 Å². The molecule has 2 aromatic rings. The fraction of sp³-hybridized carbons (Fsp3) is 0.526. The van der Waals surface area contributed by atoms with Crippen LogP contribution in [0.5, 0.6) is 0 Å². The molecule has 1 aromatic heterocycles. The van der Waals surface area contributed by atoms with Crippen LogP contribution >= 0.6 is 0 Å². The normalized spacial score (nSPS) is 20.4. The lowest BCUT2D eigenvalue weighted by molar-refractivity contribution is 0.560. The summed E-state index contributed by atoms with van der Waals surface area (Å²) in [7, 11) is -3.58. The Kier molecular flexibility index (Phi) is 4.09. The highest BCUT2D eigenvalue weighted by Gasteiger charge is 2.30. The van der Waals surface area contributed by atoms with Gasteiger partial charge in [-0.15, -0.1) is 0 Å². The van der Waals surface area contributed by atoms with E-state index in [9.17, 15) is 8.42 Å². The largest absolute Gasteiger partial charge is 0.324 e. The Morgan fingerprint density at radius 3 is 2.68 bits per heavy atom. The van der Waals surface area contributed by atoms with Gasteiger partial charge in [-0.25, -0.2) is 13.1 Å². The standard InChI is InChI=1S/C19H25N3O2S/c1-11(2)9-22-25(23,24)19-8-14-13(5-6-17(14)20)16-10-21-18(7-15(16)19)12-3-4-12/h7-8,10-12,17,22H,3-6,9,20H2,1-2H3. The van der Waals surface area contributed by atoms with Gasteiger partial charge in [0.1, 0.15) is 0 Å². The van der Waals surface area contributed by atoms with Crippen LogP contribution in [0.15, 0.2) is 23.2 Å². The smallest absolute Gasteiger partial charge is 0.241 e. The van der Waals surface area contributed by atoms with Crippen molar-refractivity contribution in [1.29, 1.82) is 0 Å². The van der Waals surface area contributed by atoms with Crippen molar-refractivity contribution in [3.8, 4) is 0 Å². The van der Waals surface area contributed by atoms with Gasteiger partial charge in [0.05, 0.1) is 4.90 Å². The van der Waals surface area contributed by atoms with Crippen LogP contribution in [0.1, 0.15) is 61.9 Å². The predicted molar refractivity (Wildman–Crippen MR) is 99.0 cm³/mol. The molecule has 0 saturated heterocycles. The van der Waals surface area contributed by atoms with Crippen LogP contribution in [0, 0.1) is 5.92 Å². The molecule has 0 bridgehead atoms. The molecule has 6 heteroatoms. The van der Waals surface area contributed by atoms with Crippen molar-refractivity contribution >= 4 is 20.8 Å². The molecule has 0 amide bonds. The summed E-state index contributed by atoms with van der Waals surface area (Å²) in [5, 5.41) is 1.74. The van der Waals surface area contributed by atoms with Crippen molar-refractivity contribution < 1.29 is 8.42 Å². The summed E-state index contributed by atoms with van der Waals surface area (Å²) in [6.45, 7) is 4.41. The van der Waals surface area contributed by atoms with Crippen LogP contribution in [0.3, 0.4) is 0 Å². The zero-order valence-electron chi connectivity index (χ0n) is 14.7. The number of fused-ring (bicyclic) bond motifs is 3. The average molecular weight is 359 g/mol. The maximum atomic E-state index is 13.0. The SMILES string of the molecule is CC(C)CNS(=O)(=O)c1cc2c(c3cnc(C4CC4)cc13)CCC2N. The third-order valence-corrected chi connectivity index (χ3v) is 6.69. The van der Waals surface area contributed by atoms with Crippen LogP contribution in [-0.2, 0) is 16.4 Å². The Balaban J connectivity index is 1.92. The number of aryl methyl sites for hydroxylation is 1. The quantitative estimate of drug-likeness (QED) is 0.859. The summed E-state index contributed by atoms with van der Waals surface area (Å²) in [4.78, 5) is 4.96. The number of nitrogens with one attached hydrogen (secondary N) is 1.